The van der Waals surface area contributed by atoms with Gasteiger partial charge in [0.25, 0.3) is 0 Å². The van der Waals surface area contributed by atoms with E-state index >= 15 is 0 Å². The second kappa shape index (κ2) is 6.01. The van der Waals surface area contributed by atoms with E-state index in [1.807, 2.05) is 0 Å². The smallest absolute Gasteiger partial charge is 0.411 e. The Balaban J connectivity index is 2.47. The number of hydrogen-bond donors (Lipinski definition) is 1. The summed E-state index contributed by atoms with van der Waals surface area (Å²) in [5, 5.41) is 9.17. The molecule has 0 bridgehead atoms. The van der Waals surface area contributed by atoms with Crippen molar-refractivity contribution in [3.63, 3.8) is 0 Å². The molecule has 7 heteroatoms. The van der Waals surface area contributed by atoms with Crippen molar-refractivity contribution in [2.45, 2.75) is 19.2 Å². The lowest BCUT2D eigenvalue weighted by atomic mass is 10.1. The molecule has 102 valence electrons. The van der Waals surface area contributed by atoms with Crippen molar-refractivity contribution in [2.75, 3.05) is 13.4 Å². The molecule has 0 radical (unpaired) electrons. The average Bonchev–Trinajstić information content (AvgIpc) is 2.22. The maximum absolute atomic E-state index is 13.3. The molecule has 0 aliphatic heterocycles. The van der Waals surface area contributed by atoms with E-state index in [1.165, 1.54) is 19.1 Å². The lowest BCUT2D eigenvalue weighted by molar-refractivity contribution is -0.186. The molecular formula is C11H12F4O3. The van der Waals surface area contributed by atoms with Crippen LogP contribution in [0.5, 0.6) is 5.75 Å². The zero-order valence-electron chi connectivity index (χ0n) is 9.50. The standard InChI is InChI=1S/C11H12F4O3/c1-7(16)9-3-2-8(4-10(9)12)18-6-17-5-11(13,14)15/h2-4,7,16H,5-6H2,1H3/t7-/m1/s1. The SMILES string of the molecule is C[C@@H](O)c1ccc(OCOCC(F)(F)F)cc1F. The van der Waals surface area contributed by atoms with Gasteiger partial charge in [-0.25, -0.2) is 4.39 Å². The molecule has 0 heterocycles. The van der Waals surface area contributed by atoms with E-state index in [9.17, 15) is 17.6 Å². The van der Waals surface area contributed by atoms with E-state index in [2.05, 4.69) is 4.74 Å². The van der Waals surface area contributed by atoms with Crippen molar-refractivity contribution in [2.24, 2.45) is 0 Å². The molecule has 0 spiro atoms. The number of aliphatic hydroxyl groups is 1. The Morgan fingerprint density at radius 1 is 1.33 bits per heavy atom. The summed E-state index contributed by atoms with van der Waals surface area (Å²) >= 11 is 0. The Labute approximate surface area is 101 Å². The number of ether oxygens (including phenoxy) is 2. The molecule has 0 aliphatic carbocycles. The molecule has 1 aromatic carbocycles. The van der Waals surface area contributed by atoms with Crippen molar-refractivity contribution in [1.29, 1.82) is 0 Å². The van der Waals surface area contributed by atoms with Gasteiger partial charge in [-0.3, -0.25) is 0 Å². The van der Waals surface area contributed by atoms with Crippen molar-refractivity contribution >= 4 is 0 Å². The summed E-state index contributed by atoms with van der Waals surface area (Å²) in [6.07, 6.45) is -5.40. The summed E-state index contributed by atoms with van der Waals surface area (Å²) in [6, 6.07) is 3.60. The number of benzene rings is 1. The van der Waals surface area contributed by atoms with E-state index in [4.69, 9.17) is 9.84 Å². The van der Waals surface area contributed by atoms with Gasteiger partial charge in [0.1, 0.15) is 18.2 Å². The van der Waals surface area contributed by atoms with Crippen LogP contribution in [0.25, 0.3) is 0 Å². The summed E-state index contributed by atoms with van der Waals surface area (Å²) in [5.74, 6) is -0.669. The minimum absolute atomic E-state index is 0.0269. The third-order valence-electron chi connectivity index (χ3n) is 2.00. The minimum Gasteiger partial charge on any atom is -0.467 e. The van der Waals surface area contributed by atoms with Gasteiger partial charge < -0.3 is 14.6 Å². The summed E-state index contributed by atoms with van der Waals surface area (Å²) in [6.45, 7) is -0.667. The number of hydrogen-bond acceptors (Lipinski definition) is 3. The van der Waals surface area contributed by atoms with E-state index < -0.39 is 31.5 Å². The fourth-order valence-electron chi connectivity index (χ4n) is 1.20. The van der Waals surface area contributed by atoms with Crippen molar-refractivity contribution in [3.05, 3.63) is 29.6 Å². The Kier molecular flexibility index (Phi) is 4.92. The lowest BCUT2D eigenvalue weighted by Crippen LogP contribution is -2.19. The third kappa shape index (κ3) is 4.89. The first-order chi connectivity index (χ1) is 8.29. The molecule has 3 nitrogen and oxygen atoms in total. The Morgan fingerprint density at radius 2 is 2.00 bits per heavy atom. The molecule has 0 saturated heterocycles. The van der Waals surface area contributed by atoms with Gasteiger partial charge in [-0.05, 0) is 19.1 Å². The monoisotopic (exact) mass is 268 g/mol. The number of rotatable bonds is 5. The van der Waals surface area contributed by atoms with Crippen LogP contribution in [0.2, 0.25) is 0 Å². The number of alkyl halides is 3. The first-order valence-corrected chi connectivity index (χ1v) is 5.04. The van der Waals surface area contributed by atoms with Crippen molar-refractivity contribution < 1.29 is 32.1 Å². The normalized spacial score (nSPS) is 13.4. The van der Waals surface area contributed by atoms with Gasteiger partial charge in [0.05, 0.1) is 6.10 Å². The molecule has 0 amide bonds. The van der Waals surface area contributed by atoms with Crippen LogP contribution in [0.1, 0.15) is 18.6 Å². The van der Waals surface area contributed by atoms with Gasteiger partial charge in [0.2, 0.25) is 0 Å². The second-order valence-electron chi connectivity index (χ2n) is 3.59. The number of aliphatic hydroxyl groups excluding tert-OH is 1. The van der Waals surface area contributed by atoms with Crippen LogP contribution in [0.3, 0.4) is 0 Å². The van der Waals surface area contributed by atoms with Crippen LogP contribution in [0.15, 0.2) is 18.2 Å². The van der Waals surface area contributed by atoms with Gasteiger partial charge in [-0.1, -0.05) is 0 Å². The molecule has 0 fully saturated rings. The van der Waals surface area contributed by atoms with Crippen molar-refractivity contribution in [1.82, 2.24) is 0 Å². The molecule has 1 N–H and O–H groups in total. The molecule has 1 atom stereocenters. The van der Waals surface area contributed by atoms with Crippen LogP contribution in [-0.4, -0.2) is 24.7 Å². The van der Waals surface area contributed by atoms with Gasteiger partial charge in [0, 0.05) is 11.6 Å². The fraction of sp³-hybridized carbons (Fsp3) is 0.455. The van der Waals surface area contributed by atoms with Crippen LogP contribution < -0.4 is 4.74 Å². The van der Waals surface area contributed by atoms with Gasteiger partial charge >= 0.3 is 6.18 Å². The Morgan fingerprint density at radius 3 is 2.50 bits per heavy atom. The predicted octanol–water partition coefficient (Wildman–Crippen LogP) is 2.79. The maximum atomic E-state index is 13.3. The molecular weight excluding hydrogens is 256 g/mol. The quantitative estimate of drug-likeness (QED) is 0.507. The Bertz CT molecular complexity index is 390. The number of halogens is 4. The predicted molar refractivity (Wildman–Crippen MR) is 54.5 cm³/mol. The summed E-state index contributed by atoms with van der Waals surface area (Å²) < 4.78 is 57.5. The first-order valence-electron chi connectivity index (χ1n) is 5.04. The molecule has 0 aliphatic rings. The molecule has 0 unspecified atom stereocenters. The molecule has 0 aromatic heterocycles. The molecule has 0 saturated carbocycles. The third-order valence-corrected chi connectivity index (χ3v) is 2.00. The second-order valence-corrected chi connectivity index (χ2v) is 3.59. The molecule has 1 aromatic rings. The fourth-order valence-corrected chi connectivity index (χ4v) is 1.20. The molecule has 1 rings (SSSR count). The maximum Gasteiger partial charge on any atom is 0.411 e. The highest BCUT2D eigenvalue weighted by Crippen LogP contribution is 2.22. The summed E-state index contributed by atoms with van der Waals surface area (Å²) in [4.78, 5) is 0. The zero-order chi connectivity index (χ0) is 13.8. The van der Waals surface area contributed by atoms with Gasteiger partial charge in [-0.2, -0.15) is 13.2 Å². The van der Waals surface area contributed by atoms with Gasteiger partial charge in [0.15, 0.2) is 6.79 Å². The molecule has 18 heavy (non-hydrogen) atoms. The highest BCUT2D eigenvalue weighted by Gasteiger charge is 2.27. The van der Waals surface area contributed by atoms with Crippen LogP contribution in [0.4, 0.5) is 17.6 Å². The van der Waals surface area contributed by atoms with Gasteiger partial charge in [-0.15, -0.1) is 0 Å². The summed E-state index contributed by atoms with van der Waals surface area (Å²) in [5.41, 5.74) is 0.0820. The first kappa shape index (κ1) is 14.7. The summed E-state index contributed by atoms with van der Waals surface area (Å²) in [7, 11) is 0. The minimum atomic E-state index is -4.43. The average molecular weight is 268 g/mol. The largest absolute Gasteiger partial charge is 0.467 e. The van der Waals surface area contributed by atoms with E-state index in [0.29, 0.717) is 0 Å². The topological polar surface area (TPSA) is 38.7 Å². The van der Waals surface area contributed by atoms with Crippen LogP contribution in [-0.2, 0) is 4.74 Å². The Hall–Kier alpha value is -1.34. The lowest BCUT2D eigenvalue weighted by Gasteiger charge is -2.11. The van der Waals surface area contributed by atoms with Crippen molar-refractivity contribution in [3.8, 4) is 5.75 Å². The van der Waals surface area contributed by atoms with Crippen LogP contribution >= 0.6 is 0 Å². The highest BCUT2D eigenvalue weighted by atomic mass is 19.4. The van der Waals surface area contributed by atoms with Crippen LogP contribution in [0, 0.1) is 5.82 Å². The van der Waals surface area contributed by atoms with E-state index in [1.54, 1.807) is 0 Å². The van der Waals surface area contributed by atoms with E-state index in [0.717, 1.165) is 6.07 Å². The highest BCUT2D eigenvalue weighted by molar-refractivity contribution is 5.29. The zero-order valence-corrected chi connectivity index (χ0v) is 9.50. The van der Waals surface area contributed by atoms with E-state index in [-0.39, 0.29) is 11.3 Å².